The van der Waals surface area contributed by atoms with Crippen molar-refractivity contribution in [3.05, 3.63) is 76.1 Å². The molecule has 5 nitrogen and oxygen atoms in total. The van der Waals surface area contributed by atoms with Crippen LogP contribution in [0.5, 0.6) is 0 Å². The Morgan fingerprint density at radius 2 is 1.84 bits per heavy atom. The smallest absolute Gasteiger partial charge is 0.257 e. The third-order valence-electron chi connectivity index (χ3n) is 3.93. The van der Waals surface area contributed by atoms with Crippen LogP contribution in [0.25, 0.3) is 10.9 Å². The quantitative estimate of drug-likeness (QED) is 0.746. The van der Waals surface area contributed by atoms with Crippen molar-refractivity contribution in [1.29, 1.82) is 0 Å². The van der Waals surface area contributed by atoms with E-state index in [-0.39, 0.29) is 11.5 Å². The molecule has 1 amide bonds. The molecule has 0 radical (unpaired) electrons. The topological polar surface area (TPSA) is 65.5 Å². The van der Waals surface area contributed by atoms with Crippen LogP contribution in [-0.2, 0) is 11.2 Å². The molecular weight excluding hydrogens is 314 g/mol. The SMILES string of the molecule is CN(C)C(=O)Cc1ccc(N=Cc2cc3ccccc3[nH]c2=O)cc1. The number of para-hydroxylation sites is 1. The van der Waals surface area contributed by atoms with E-state index in [1.165, 1.54) is 0 Å². The molecule has 0 aliphatic carbocycles. The Morgan fingerprint density at radius 3 is 2.56 bits per heavy atom. The Balaban J connectivity index is 1.79. The molecule has 0 saturated heterocycles. The fourth-order valence-corrected chi connectivity index (χ4v) is 2.44. The van der Waals surface area contributed by atoms with Gasteiger partial charge in [0.05, 0.1) is 17.7 Å². The highest BCUT2D eigenvalue weighted by molar-refractivity contribution is 5.88. The Bertz CT molecular complexity index is 986. The standard InChI is InChI=1S/C20H19N3O2/c1-23(2)19(24)11-14-7-9-17(10-8-14)21-13-16-12-15-5-3-4-6-18(15)22-20(16)25/h3-10,12-13H,11H2,1-2H3,(H,22,25). The van der Waals surface area contributed by atoms with Crippen LogP contribution >= 0.6 is 0 Å². The van der Waals surface area contributed by atoms with E-state index < -0.39 is 0 Å². The number of rotatable bonds is 4. The second-order valence-electron chi connectivity index (χ2n) is 6.03. The number of benzene rings is 2. The van der Waals surface area contributed by atoms with Crippen molar-refractivity contribution in [2.24, 2.45) is 4.99 Å². The molecular formula is C20H19N3O2. The Kier molecular flexibility index (Phi) is 4.75. The van der Waals surface area contributed by atoms with E-state index in [2.05, 4.69) is 9.98 Å². The van der Waals surface area contributed by atoms with Gasteiger partial charge in [0.25, 0.3) is 5.56 Å². The van der Waals surface area contributed by atoms with Crippen LogP contribution in [0.2, 0.25) is 0 Å². The molecule has 0 unspecified atom stereocenters. The van der Waals surface area contributed by atoms with Crippen molar-refractivity contribution < 1.29 is 4.79 Å². The lowest BCUT2D eigenvalue weighted by molar-refractivity contribution is -0.127. The molecule has 1 heterocycles. The van der Waals surface area contributed by atoms with Gasteiger partial charge in [-0.1, -0.05) is 30.3 Å². The summed E-state index contributed by atoms with van der Waals surface area (Å²) < 4.78 is 0. The maximum absolute atomic E-state index is 12.1. The minimum Gasteiger partial charge on any atom is -0.349 e. The molecule has 0 aliphatic rings. The highest BCUT2D eigenvalue weighted by Crippen LogP contribution is 2.14. The third-order valence-corrected chi connectivity index (χ3v) is 3.93. The van der Waals surface area contributed by atoms with Crippen LogP contribution in [0, 0.1) is 0 Å². The van der Waals surface area contributed by atoms with Gasteiger partial charge in [0.15, 0.2) is 0 Å². The van der Waals surface area contributed by atoms with Crippen molar-refractivity contribution in [3.63, 3.8) is 0 Å². The molecule has 0 fully saturated rings. The maximum Gasteiger partial charge on any atom is 0.257 e. The van der Waals surface area contributed by atoms with Gasteiger partial charge < -0.3 is 9.88 Å². The lowest BCUT2D eigenvalue weighted by Gasteiger charge is -2.09. The van der Waals surface area contributed by atoms with Crippen molar-refractivity contribution in [3.8, 4) is 0 Å². The summed E-state index contributed by atoms with van der Waals surface area (Å²) in [6.07, 6.45) is 1.92. The Hall–Kier alpha value is -3.21. The lowest BCUT2D eigenvalue weighted by atomic mass is 10.1. The maximum atomic E-state index is 12.1. The molecule has 0 atom stereocenters. The van der Waals surface area contributed by atoms with E-state index in [0.717, 1.165) is 22.2 Å². The highest BCUT2D eigenvalue weighted by atomic mass is 16.2. The van der Waals surface area contributed by atoms with Crippen LogP contribution in [0.1, 0.15) is 11.1 Å². The van der Waals surface area contributed by atoms with Crippen LogP contribution in [0.4, 0.5) is 5.69 Å². The van der Waals surface area contributed by atoms with Crippen LogP contribution in [0.3, 0.4) is 0 Å². The van der Waals surface area contributed by atoms with Crippen molar-refractivity contribution in [2.45, 2.75) is 6.42 Å². The van der Waals surface area contributed by atoms with Gasteiger partial charge in [-0.3, -0.25) is 14.6 Å². The zero-order valence-corrected chi connectivity index (χ0v) is 14.2. The summed E-state index contributed by atoms with van der Waals surface area (Å²) in [7, 11) is 3.48. The van der Waals surface area contributed by atoms with Gasteiger partial charge >= 0.3 is 0 Å². The van der Waals surface area contributed by atoms with Gasteiger partial charge in [-0.25, -0.2) is 0 Å². The first-order valence-electron chi connectivity index (χ1n) is 7.98. The second kappa shape index (κ2) is 7.13. The first kappa shape index (κ1) is 16.6. The van der Waals surface area contributed by atoms with Crippen molar-refractivity contribution >= 4 is 28.7 Å². The van der Waals surface area contributed by atoms with Crippen LogP contribution in [0.15, 0.2) is 64.4 Å². The summed E-state index contributed by atoms with van der Waals surface area (Å²) in [6, 6.07) is 16.9. The molecule has 126 valence electrons. The number of nitrogens with zero attached hydrogens (tertiary/aromatic N) is 2. The zero-order chi connectivity index (χ0) is 17.8. The molecule has 2 aromatic carbocycles. The number of pyridine rings is 1. The summed E-state index contributed by atoms with van der Waals surface area (Å²) in [4.78, 5) is 32.6. The fraction of sp³-hybridized carbons (Fsp3) is 0.150. The van der Waals surface area contributed by atoms with Crippen LogP contribution < -0.4 is 5.56 Å². The Morgan fingerprint density at radius 1 is 1.12 bits per heavy atom. The molecule has 0 aliphatic heterocycles. The van der Waals surface area contributed by atoms with E-state index >= 15 is 0 Å². The normalized spacial score (nSPS) is 11.1. The number of hydrogen-bond acceptors (Lipinski definition) is 3. The van der Waals surface area contributed by atoms with Gasteiger partial charge in [0.2, 0.25) is 5.91 Å². The van der Waals surface area contributed by atoms with E-state index in [1.807, 2.05) is 54.6 Å². The number of likely N-dealkylation sites (N-methyl/N-ethyl adjacent to an activating group) is 1. The average Bonchev–Trinajstić information content (AvgIpc) is 2.61. The summed E-state index contributed by atoms with van der Waals surface area (Å²) in [5.41, 5.74) is 2.80. The van der Waals surface area contributed by atoms with Gasteiger partial charge in [-0.15, -0.1) is 0 Å². The predicted molar refractivity (Wildman–Crippen MR) is 101 cm³/mol. The molecule has 0 bridgehead atoms. The average molecular weight is 333 g/mol. The molecule has 0 spiro atoms. The number of carbonyl (C=O) groups excluding carboxylic acids is 1. The number of aliphatic imine (C=N–C) groups is 1. The van der Waals surface area contributed by atoms with Crippen LogP contribution in [-0.4, -0.2) is 36.1 Å². The van der Waals surface area contributed by atoms with E-state index in [1.54, 1.807) is 25.2 Å². The number of amides is 1. The van der Waals surface area contributed by atoms with Gasteiger partial charge in [-0.05, 0) is 35.2 Å². The molecule has 3 rings (SSSR count). The minimum absolute atomic E-state index is 0.0546. The monoisotopic (exact) mass is 333 g/mol. The van der Waals surface area contributed by atoms with E-state index in [0.29, 0.717) is 12.0 Å². The summed E-state index contributed by atoms with van der Waals surface area (Å²) >= 11 is 0. The third kappa shape index (κ3) is 4.01. The highest BCUT2D eigenvalue weighted by Gasteiger charge is 2.05. The molecule has 5 heteroatoms. The Labute approximate surface area is 145 Å². The number of nitrogens with one attached hydrogen (secondary N) is 1. The number of H-pyrrole nitrogens is 1. The number of fused-ring (bicyclic) bond motifs is 1. The first-order valence-corrected chi connectivity index (χ1v) is 7.98. The lowest BCUT2D eigenvalue weighted by Crippen LogP contribution is -2.23. The number of hydrogen-bond donors (Lipinski definition) is 1. The fourth-order valence-electron chi connectivity index (χ4n) is 2.44. The molecule has 1 aromatic heterocycles. The first-order chi connectivity index (χ1) is 12.0. The van der Waals surface area contributed by atoms with Crippen molar-refractivity contribution in [1.82, 2.24) is 9.88 Å². The molecule has 25 heavy (non-hydrogen) atoms. The van der Waals surface area contributed by atoms with E-state index in [4.69, 9.17) is 0 Å². The predicted octanol–water partition coefficient (Wildman–Crippen LogP) is 2.91. The molecule has 3 aromatic rings. The van der Waals surface area contributed by atoms with Crippen molar-refractivity contribution in [2.75, 3.05) is 14.1 Å². The summed E-state index contributed by atoms with van der Waals surface area (Å²) in [5.74, 6) is 0.0546. The van der Waals surface area contributed by atoms with Gasteiger partial charge in [0.1, 0.15) is 0 Å². The zero-order valence-electron chi connectivity index (χ0n) is 14.2. The minimum atomic E-state index is -0.171. The van der Waals surface area contributed by atoms with Gasteiger partial charge in [0, 0.05) is 25.8 Å². The van der Waals surface area contributed by atoms with Gasteiger partial charge in [-0.2, -0.15) is 0 Å². The number of aromatic nitrogens is 1. The second-order valence-corrected chi connectivity index (χ2v) is 6.03. The molecule has 0 saturated carbocycles. The summed E-state index contributed by atoms with van der Waals surface area (Å²) in [6.45, 7) is 0. The number of carbonyl (C=O) groups is 1. The number of aromatic amines is 1. The summed E-state index contributed by atoms with van der Waals surface area (Å²) in [5, 5.41) is 0.959. The van der Waals surface area contributed by atoms with E-state index in [9.17, 15) is 9.59 Å². The molecule has 1 N–H and O–H groups in total. The largest absolute Gasteiger partial charge is 0.349 e.